The van der Waals surface area contributed by atoms with E-state index in [1.165, 1.54) is 16.5 Å². The van der Waals surface area contributed by atoms with Crippen LogP contribution in [0.25, 0.3) is 66.2 Å². The Morgan fingerprint density at radius 3 is 2.08 bits per heavy atom. The SMILES string of the molecule is Brc1cccc2c(-c3nc(-c4cccc(-c5ccccc5)c4)c4ccc5ccccc5c4n3)cccc12. The van der Waals surface area contributed by atoms with Crippen molar-refractivity contribution in [3.05, 3.63) is 132 Å². The molecule has 0 saturated carbocycles. The van der Waals surface area contributed by atoms with Crippen molar-refractivity contribution in [2.75, 3.05) is 0 Å². The maximum atomic E-state index is 5.24. The third-order valence-corrected chi connectivity index (χ3v) is 7.64. The van der Waals surface area contributed by atoms with E-state index in [4.69, 9.17) is 9.97 Å². The van der Waals surface area contributed by atoms with Crippen molar-refractivity contribution in [3.8, 4) is 33.8 Å². The molecular formula is C34H21BrN2. The number of benzene rings is 6. The fourth-order valence-corrected chi connectivity index (χ4v) is 5.65. The first-order valence-electron chi connectivity index (χ1n) is 12.3. The summed E-state index contributed by atoms with van der Waals surface area (Å²) >= 11 is 3.72. The first-order valence-corrected chi connectivity index (χ1v) is 13.1. The van der Waals surface area contributed by atoms with Crippen LogP contribution in [0.5, 0.6) is 0 Å². The smallest absolute Gasteiger partial charge is 0.161 e. The fourth-order valence-electron chi connectivity index (χ4n) is 5.15. The highest BCUT2D eigenvalue weighted by atomic mass is 79.9. The van der Waals surface area contributed by atoms with Gasteiger partial charge in [-0.1, -0.05) is 125 Å². The van der Waals surface area contributed by atoms with E-state index in [1.54, 1.807) is 0 Å². The monoisotopic (exact) mass is 536 g/mol. The molecule has 7 aromatic rings. The summed E-state index contributed by atoms with van der Waals surface area (Å²) in [6.07, 6.45) is 0. The summed E-state index contributed by atoms with van der Waals surface area (Å²) in [6.45, 7) is 0. The average Bonchev–Trinajstić information content (AvgIpc) is 2.97. The third-order valence-electron chi connectivity index (χ3n) is 6.94. The Kier molecular flexibility index (Phi) is 5.30. The van der Waals surface area contributed by atoms with Gasteiger partial charge >= 0.3 is 0 Å². The molecule has 3 heteroatoms. The highest BCUT2D eigenvalue weighted by Crippen LogP contribution is 2.37. The topological polar surface area (TPSA) is 25.8 Å². The molecule has 37 heavy (non-hydrogen) atoms. The lowest BCUT2D eigenvalue weighted by atomic mass is 9.97. The van der Waals surface area contributed by atoms with E-state index >= 15 is 0 Å². The largest absolute Gasteiger partial charge is 0.227 e. The standard InChI is InChI=1S/C34H21BrN2/c35-31-18-8-15-27-28(31)16-7-17-29(27)34-36-32(25-13-6-12-24(21-25)22-9-2-1-3-10-22)30-20-19-23-11-4-5-14-26(23)33(30)37-34/h1-21H. The van der Waals surface area contributed by atoms with Crippen LogP contribution in [0, 0.1) is 0 Å². The fraction of sp³-hybridized carbons (Fsp3) is 0. The average molecular weight is 537 g/mol. The molecular weight excluding hydrogens is 516 g/mol. The molecule has 174 valence electrons. The molecule has 0 unspecified atom stereocenters. The van der Waals surface area contributed by atoms with E-state index in [2.05, 4.69) is 137 Å². The number of nitrogens with zero attached hydrogens (tertiary/aromatic N) is 2. The van der Waals surface area contributed by atoms with Crippen molar-refractivity contribution >= 4 is 48.4 Å². The molecule has 0 saturated heterocycles. The van der Waals surface area contributed by atoms with Crippen molar-refractivity contribution < 1.29 is 0 Å². The van der Waals surface area contributed by atoms with Gasteiger partial charge in [0, 0.05) is 26.4 Å². The Balaban J connectivity index is 1.55. The minimum absolute atomic E-state index is 0.729. The van der Waals surface area contributed by atoms with Crippen LogP contribution >= 0.6 is 15.9 Å². The van der Waals surface area contributed by atoms with E-state index < -0.39 is 0 Å². The van der Waals surface area contributed by atoms with Crippen molar-refractivity contribution in [2.45, 2.75) is 0 Å². The summed E-state index contributed by atoms with van der Waals surface area (Å²) in [4.78, 5) is 10.4. The molecule has 0 radical (unpaired) electrons. The van der Waals surface area contributed by atoms with Gasteiger partial charge in [0.1, 0.15) is 0 Å². The predicted octanol–water partition coefficient (Wildman–Crippen LogP) is 9.70. The summed E-state index contributed by atoms with van der Waals surface area (Å²) in [5.41, 5.74) is 6.36. The van der Waals surface area contributed by atoms with Crippen molar-refractivity contribution in [1.82, 2.24) is 9.97 Å². The molecule has 6 aromatic carbocycles. The molecule has 2 nitrogen and oxygen atoms in total. The molecule has 0 N–H and O–H groups in total. The van der Waals surface area contributed by atoms with Gasteiger partial charge in [-0.25, -0.2) is 9.97 Å². The van der Waals surface area contributed by atoms with Gasteiger partial charge in [0.2, 0.25) is 0 Å². The first kappa shape index (κ1) is 21.9. The number of rotatable bonds is 3. The Bertz CT molecular complexity index is 1940. The second-order valence-corrected chi connectivity index (χ2v) is 10.0. The summed E-state index contributed by atoms with van der Waals surface area (Å²) in [7, 11) is 0. The van der Waals surface area contributed by atoms with Gasteiger partial charge in [0.25, 0.3) is 0 Å². The Hall–Kier alpha value is -4.34. The van der Waals surface area contributed by atoms with Crippen molar-refractivity contribution in [1.29, 1.82) is 0 Å². The number of hydrogen-bond acceptors (Lipinski definition) is 2. The van der Waals surface area contributed by atoms with Gasteiger partial charge in [-0.3, -0.25) is 0 Å². The Morgan fingerprint density at radius 1 is 0.459 bits per heavy atom. The molecule has 0 fully saturated rings. The van der Waals surface area contributed by atoms with E-state index in [9.17, 15) is 0 Å². The molecule has 0 amide bonds. The molecule has 0 aliphatic rings. The summed E-state index contributed by atoms with van der Waals surface area (Å²) in [6, 6.07) is 44.5. The Labute approximate surface area is 223 Å². The maximum absolute atomic E-state index is 5.24. The van der Waals surface area contributed by atoms with E-state index in [-0.39, 0.29) is 0 Å². The lowest BCUT2D eigenvalue weighted by Gasteiger charge is -2.14. The van der Waals surface area contributed by atoms with Gasteiger partial charge < -0.3 is 0 Å². The molecule has 1 heterocycles. The summed E-state index contributed by atoms with van der Waals surface area (Å²) in [5.74, 6) is 0.729. The molecule has 0 spiro atoms. The van der Waals surface area contributed by atoms with Crippen LogP contribution in [0.15, 0.2) is 132 Å². The third kappa shape index (κ3) is 3.80. The zero-order chi connectivity index (χ0) is 24.8. The lowest BCUT2D eigenvalue weighted by molar-refractivity contribution is 1.24. The van der Waals surface area contributed by atoms with E-state index in [0.717, 1.165) is 54.2 Å². The molecule has 1 aromatic heterocycles. The zero-order valence-corrected chi connectivity index (χ0v) is 21.5. The molecule has 0 aliphatic heterocycles. The lowest BCUT2D eigenvalue weighted by Crippen LogP contribution is -1.97. The van der Waals surface area contributed by atoms with Crippen LogP contribution in [0.1, 0.15) is 0 Å². The van der Waals surface area contributed by atoms with Crippen LogP contribution in [-0.2, 0) is 0 Å². The van der Waals surface area contributed by atoms with Crippen LogP contribution in [-0.4, -0.2) is 9.97 Å². The maximum Gasteiger partial charge on any atom is 0.161 e. The first-order chi connectivity index (χ1) is 18.3. The highest BCUT2D eigenvalue weighted by Gasteiger charge is 2.16. The summed E-state index contributed by atoms with van der Waals surface area (Å²) in [5, 5.41) is 5.62. The van der Waals surface area contributed by atoms with E-state index in [0.29, 0.717) is 0 Å². The van der Waals surface area contributed by atoms with Crippen LogP contribution in [0.3, 0.4) is 0 Å². The predicted molar refractivity (Wildman–Crippen MR) is 159 cm³/mol. The molecule has 0 bridgehead atoms. The highest BCUT2D eigenvalue weighted by molar-refractivity contribution is 9.10. The van der Waals surface area contributed by atoms with Gasteiger partial charge in [-0.15, -0.1) is 0 Å². The summed E-state index contributed by atoms with van der Waals surface area (Å²) < 4.78 is 1.06. The minimum Gasteiger partial charge on any atom is -0.227 e. The van der Waals surface area contributed by atoms with Crippen molar-refractivity contribution in [2.24, 2.45) is 0 Å². The Morgan fingerprint density at radius 2 is 1.16 bits per heavy atom. The zero-order valence-electron chi connectivity index (χ0n) is 19.9. The van der Waals surface area contributed by atoms with Gasteiger partial charge in [-0.2, -0.15) is 0 Å². The number of halogens is 1. The van der Waals surface area contributed by atoms with Gasteiger partial charge in [0.05, 0.1) is 11.2 Å². The van der Waals surface area contributed by atoms with Crippen molar-refractivity contribution in [3.63, 3.8) is 0 Å². The second kappa shape index (κ2) is 8.95. The number of fused-ring (bicyclic) bond motifs is 4. The van der Waals surface area contributed by atoms with Crippen LogP contribution in [0.4, 0.5) is 0 Å². The number of aromatic nitrogens is 2. The molecule has 0 aliphatic carbocycles. The molecule has 7 rings (SSSR count). The minimum atomic E-state index is 0.729. The normalized spacial score (nSPS) is 11.4. The van der Waals surface area contributed by atoms with Crippen LogP contribution in [0.2, 0.25) is 0 Å². The van der Waals surface area contributed by atoms with E-state index in [1.807, 2.05) is 6.07 Å². The second-order valence-electron chi connectivity index (χ2n) is 9.17. The molecule has 0 atom stereocenters. The quantitative estimate of drug-likeness (QED) is 0.210. The van der Waals surface area contributed by atoms with Gasteiger partial charge in [-0.05, 0) is 45.5 Å². The number of hydrogen-bond donors (Lipinski definition) is 0. The van der Waals surface area contributed by atoms with Gasteiger partial charge in [0.15, 0.2) is 5.82 Å². The van der Waals surface area contributed by atoms with Crippen LogP contribution < -0.4 is 0 Å².